The average Bonchev–Trinajstić information content (AvgIpc) is 2.70. The van der Waals surface area contributed by atoms with Gasteiger partial charge in [-0.1, -0.05) is 11.6 Å². The number of rotatable bonds is 7. The quantitative estimate of drug-likeness (QED) is 0.804. The summed E-state index contributed by atoms with van der Waals surface area (Å²) in [7, 11) is 0. The Bertz CT molecular complexity index is 354. The maximum atomic E-state index is 11.6. The van der Waals surface area contributed by atoms with Gasteiger partial charge in [-0.15, -0.1) is 11.3 Å². The predicted octanol–water partition coefficient (Wildman–Crippen LogP) is 2.61. The number of carbonyl (C=O) groups excluding carboxylic acids is 1. The van der Waals surface area contributed by atoms with E-state index < -0.39 is 0 Å². The Balaban J connectivity index is 2.21. The molecule has 0 saturated heterocycles. The number of aryl methyl sites for hydroxylation is 1. The van der Waals surface area contributed by atoms with Crippen molar-refractivity contribution in [3.63, 3.8) is 0 Å². The molecule has 1 heterocycles. The Kier molecular flexibility index (Phi) is 6.55. The van der Waals surface area contributed by atoms with Gasteiger partial charge in [-0.25, -0.2) is 0 Å². The number of carbonyl (C=O) groups is 1. The van der Waals surface area contributed by atoms with Gasteiger partial charge in [0, 0.05) is 29.3 Å². The summed E-state index contributed by atoms with van der Waals surface area (Å²) in [6.07, 6.45) is 2.76. The summed E-state index contributed by atoms with van der Waals surface area (Å²) in [6, 6.07) is 2.02. The molecule has 0 radical (unpaired) electrons. The Labute approximate surface area is 111 Å². The first-order chi connectivity index (χ1) is 8.11. The fourth-order valence-corrected chi connectivity index (χ4v) is 2.62. The normalized spacial score (nSPS) is 12.4. The van der Waals surface area contributed by atoms with Gasteiger partial charge in [0.2, 0.25) is 5.91 Å². The second-order valence-electron chi connectivity index (χ2n) is 4.07. The minimum Gasteiger partial charge on any atom is -0.396 e. The molecular weight excluding hydrogens is 258 g/mol. The molecular formula is C12H18ClNO2S. The third-order valence-corrected chi connectivity index (χ3v) is 3.77. The third-order valence-electron chi connectivity index (χ3n) is 2.42. The van der Waals surface area contributed by atoms with Crippen molar-refractivity contribution in [3.05, 3.63) is 21.3 Å². The van der Waals surface area contributed by atoms with Gasteiger partial charge in [-0.05, 0) is 32.3 Å². The Morgan fingerprint density at radius 1 is 1.65 bits per heavy atom. The first-order valence-electron chi connectivity index (χ1n) is 5.75. The Hall–Kier alpha value is -0.580. The molecule has 1 aromatic rings. The lowest BCUT2D eigenvalue weighted by Crippen LogP contribution is -2.32. The SMILES string of the molecule is CC(CCCO)NC(=O)CCc1cc(Cl)cs1. The van der Waals surface area contributed by atoms with Gasteiger partial charge in [0.15, 0.2) is 0 Å². The highest BCUT2D eigenvalue weighted by Crippen LogP contribution is 2.20. The highest BCUT2D eigenvalue weighted by Gasteiger charge is 2.08. The second kappa shape index (κ2) is 7.69. The Morgan fingerprint density at radius 2 is 2.41 bits per heavy atom. The van der Waals surface area contributed by atoms with Crippen LogP contribution in [0, 0.1) is 0 Å². The number of halogens is 1. The van der Waals surface area contributed by atoms with Crippen LogP contribution in [-0.4, -0.2) is 23.7 Å². The molecule has 17 heavy (non-hydrogen) atoms. The summed E-state index contributed by atoms with van der Waals surface area (Å²) in [4.78, 5) is 12.7. The van der Waals surface area contributed by atoms with E-state index in [4.69, 9.17) is 16.7 Å². The molecule has 1 rings (SSSR count). The molecule has 3 nitrogen and oxygen atoms in total. The molecule has 0 saturated carbocycles. The predicted molar refractivity (Wildman–Crippen MR) is 71.6 cm³/mol. The minimum atomic E-state index is 0.0555. The maximum Gasteiger partial charge on any atom is 0.220 e. The van der Waals surface area contributed by atoms with Crippen LogP contribution in [0.1, 0.15) is 31.1 Å². The summed E-state index contributed by atoms with van der Waals surface area (Å²) < 4.78 is 0. The molecule has 0 aliphatic rings. The van der Waals surface area contributed by atoms with Crippen LogP contribution in [-0.2, 0) is 11.2 Å². The van der Waals surface area contributed by atoms with E-state index in [0.29, 0.717) is 6.42 Å². The first kappa shape index (κ1) is 14.5. The van der Waals surface area contributed by atoms with E-state index in [2.05, 4.69) is 5.32 Å². The zero-order chi connectivity index (χ0) is 12.7. The van der Waals surface area contributed by atoms with Crippen molar-refractivity contribution < 1.29 is 9.90 Å². The second-order valence-corrected chi connectivity index (χ2v) is 5.50. The molecule has 2 N–H and O–H groups in total. The summed E-state index contributed by atoms with van der Waals surface area (Å²) in [5, 5.41) is 14.2. The smallest absolute Gasteiger partial charge is 0.220 e. The third kappa shape index (κ3) is 6.05. The van der Waals surface area contributed by atoms with Crippen molar-refractivity contribution >= 4 is 28.8 Å². The highest BCUT2D eigenvalue weighted by atomic mass is 35.5. The fourth-order valence-electron chi connectivity index (χ4n) is 1.54. The number of nitrogens with one attached hydrogen (secondary N) is 1. The topological polar surface area (TPSA) is 49.3 Å². The van der Waals surface area contributed by atoms with Crippen molar-refractivity contribution in [2.24, 2.45) is 0 Å². The number of aliphatic hydroxyl groups is 1. The van der Waals surface area contributed by atoms with E-state index in [1.54, 1.807) is 11.3 Å². The molecule has 1 atom stereocenters. The number of hydrogen-bond donors (Lipinski definition) is 2. The number of thiophene rings is 1. The van der Waals surface area contributed by atoms with Crippen LogP contribution in [0.15, 0.2) is 11.4 Å². The lowest BCUT2D eigenvalue weighted by molar-refractivity contribution is -0.121. The lowest BCUT2D eigenvalue weighted by atomic mass is 10.1. The van der Waals surface area contributed by atoms with Gasteiger partial charge in [-0.3, -0.25) is 4.79 Å². The molecule has 0 aromatic carbocycles. The van der Waals surface area contributed by atoms with Crippen LogP contribution < -0.4 is 5.32 Å². The largest absolute Gasteiger partial charge is 0.396 e. The van der Waals surface area contributed by atoms with E-state index >= 15 is 0 Å². The molecule has 0 spiro atoms. The molecule has 1 aromatic heterocycles. The van der Waals surface area contributed by atoms with Crippen LogP contribution in [0.4, 0.5) is 0 Å². The standard InChI is InChI=1S/C12H18ClNO2S/c1-9(3-2-6-15)14-12(16)5-4-11-7-10(13)8-17-11/h7-9,15H,2-6H2,1H3,(H,14,16). The van der Waals surface area contributed by atoms with Gasteiger partial charge < -0.3 is 10.4 Å². The van der Waals surface area contributed by atoms with Gasteiger partial charge in [-0.2, -0.15) is 0 Å². The van der Waals surface area contributed by atoms with E-state index in [0.717, 1.165) is 29.2 Å². The van der Waals surface area contributed by atoms with Crippen molar-refractivity contribution in [2.45, 2.75) is 38.6 Å². The number of hydrogen-bond acceptors (Lipinski definition) is 3. The fraction of sp³-hybridized carbons (Fsp3) is 0.583. The average molecular weight is 276 g/mol. The zero-order valence-electron chi connectivity index (χ0n) is 9.91. The van der Waals surface area contributed by atoms with Crippen molar-refractivity contribution in [2.75, 3.05) is 6.61 Å². The zero-order valence-corrected chi connectivity index (χ0v) is 11.5. The summed E-state index contributed by atoms with van der Waals surface area (Å²) in [5.41, 5.74) is 0. The molecule has 0 bridgehead atoms. The van der Waals surface area contributed by atoms with E-state index in [-0.39, 0.29) is 18.6 Å². The van der Waals surface area contributed by atoms with Gasteiger partial charge in [0.25, 0.3) is 0 Å². The molecule has 0 aliphatic heterocycles. The van der Waals surface area contributed by atoms with Gasteiger partial charge in [0.1, 0.15) is 0 Å². The summed E-state index contributed by atoms with van der Waals surface area (Å²) >= 11 is 7.38. The van der Waals surface area contributed by atoms with E-state index in [1.807, 2.05) is 18.4 Å². The van der Waals surface area contributed by atoms with Crippen LogP contribution >= 0.6 is 22.9 Å². The van der Waals surface area contributed by atoms with Crippen LogP contribution in [0.2, 0.25) is 5.02 Å². The van der Waals surface area contributed by atoms with Gasteiger partial charge in [0.05, 0.1) is 5.02 Å². The van der Waals surface area contributed by atoms with Crippen molar-refractivity contribution in [1.29, 1.82) is 0 Å². The highest BCUT2D eigenvalue weighted by molar-refractivity contribution is 7.10. The van der Waals surface area contributed by atoms with Crippen LogP contribution in [0.25, 0.3) is 0 Å². The van der Waals surface area contributed by atoms with E-state index in [9.17, 15) is 4.79 Å². The van der Waals surface area contributed by atoms with Crippen LogP contribution in [0.3, 0.4) is 0 Å². The Morgan fingerprint density at radius 3 is 3.00 bits per heavy atom. The molecule has 5 heteroatoms. The van der Waals surface area contributed by atoms with E-state index in [1.165, 1.54) is 0 Å². The van der Waals surface area contributed by atoms with Crippen molar-refractivity contribution in [3.8, 4) is 0 Å². The monoisotopic (exact) mass is 275 g/mol. The minimum absolute atomic E-state index is 0.0555. The summed E-state index contributed by atoms with van der Waals surface area (Å²) in [6.45, 7) is 2.13. The molecule has 96 valence electrons. The van der Waals surface area contributed by atoms with Gasteiger partial charge >= 0.3 is 0 Å². The van der Waals surface area contributed by atoms with Crippen LogP contribution in [0.5, 0.6) is 0 Å². The summed E-state index contributed by atoms with van der Waals surface area (Å²) in [5.74, 6) is 0.0555. The maximum absolute atomic E-state index is 11.6. The molecule has 1 unspecified atom stereocenters. The number of aliphatic hydroxyl groups excluding tert-OH is 1. The first-order valence-corrected chi connectivity index (χ1v) is 7.00. The van der Waals surface area contributed by atoms with Crippen molar-refractivity contribution in [1.82, 2.24) is 5.32 Å². The molecule has 0 aliphatic carbocycles. The number of amides is 1. The molecule has 1 amide bonds. The lowest BCUT2D eigenvalue weighted by Gasteiger charge is -2.12. The molecule has 0 fully saturated rings.